The van der Waals surface area contributed by atoms with Crippen molar-refractivity contribution in [2.24, 2.45) is 0 Å². The predicted octanol–water partition coefficient (Wildman–Crippen LogP) is 9.17. The van der Waals surface area contributed by atoms with Crippen LogP contribution in [0.3, 0.4) is 0 Å². The van der Waals surface area contributed by atoms with Crippen molar-refractivity contribution in [2.75, 3.05) is 19.7 Å². The van der Waals surface area contributed by atoms with Crippen LogP contribution >= 0.6 is 11.6 Å². The number of benzene rings is 12. The van der Waals surface area contributed by atoms with Gasteiger partial charge in [-0.2, -0.15) is 0 Å². The van der Waals surface area contributed by atoms with Gasteiger partial charge in [0, 0.05) is 11.6 Å². The average Bonchev–Trinajstić information content (AvgIpc) is 1.35. The van der Waals surface area contributed by atoms with Crippen LogP contribution in [0.4, 0.5) is 0 Å². The fourth-order valence-corrected chi connectivity index (χ4v) is 14.3. The molecule has 3 heterocycles. The summed E-state index contributed by atoms with van der Waals surface area (Å²) in [7, 11) is 0. The predicted molar refractivity (Wildman–Crippen MR) is 478 cm³/mol. The normalized spacial score (nSPS) is 14.8. The third-order valence-electron chi connectivity index (χ3n) is 21.5. The minimum atomic E-state index is -3.12. The molecule has 2 fully saturated rings. The van der Waals surface area contributed by atoms with Crippen LogP contribution in [0.15, 0.2) is 170 Å². The number of fused-ring (bicyclic) bond motifs is 1. The molecule has 145 heavy (non-hydrogen) atoms. The Morgan fingerprint density at radius 2 is 0.559 bits per heavy atom. The summed E-state index contributed by atoms with van der Waals surface area (Å²) in [4.78, 5) is 150. The van der Waals surface area contributed by atoms with Crippen molar-refractivity contribution < 1.29 is 228 Å². The lowest BCUT2D eigenvalue weighted by molar-refractivity contribution is -0.282. The van der Waals surface area contributed by atoms with Gasteiger partial charge in [0.1, 0.15) is 18.5 Å². The summed E-state index contributed by atoms with van der Waals surface area (Å²) >= 11 is 6.01. The van der Waals surface area contributed by atoms with Crippen molar-refractivity contribution >= 4 is 82.3 Å². The van der Waals surface area contributed by atoms with E-state index in [2.05, 4.69) is 45.9 Å². The Balaban J connectivity index is 0.000000627. The average molecular weight is 2030 g/mol. The highest BCUT2D eigenvalue weighted by molar-refractivity contribution is 6.30. The van der Waals surface area contributed by atoms with E-state index in [9.17, 15) is 161 Å². The van der Waals surface area contributed by atoms with Crippen LogP contribution in [0.2, 0.25) is 5.02 Å². The van der Waals surface area contributed by atoms with Crippen LogP contribution in [-0.4, -0.2) is 252 Å². The van der Waals surface area contributed by atoms with E-state index in [1.807, 2.05) is 12.1 Å². The lowest BCUT2D eigenvalue weighted by atomic mass is 9.97. The summed E-state index contributed by atoms with van der Waals surface area (Å²) in [6, 6.07) is 25.1. The molecule has 0 bridgehead atoms. The molecule has 15 rings (SSSR count). The molecule has 0 saturated carbocycles. The molecule has 2 aliphatic rings. The summed E-state index contributed by atoms with van der Waals surface area (Å²) in [5.74, 6) is -54.8. The fraction of sp³-hybridized carbons (Fsp3) is 0.126. The minimum absolute atomic E-state index is 0.295. The number of imidazole rings is 1. The van der Waals surface area contributed by atoms with E-state index in [1.165, 1.54) is 37.0 Å². The van der Waals surface area contributed by atoms with Crippen LogP contribution in [0.25, 0.3) is 11.0 Å². The second kappa shape index (κ2) is 41.4. The summed E-state index contributed by atoms with van der Waals surface area (Å²) < 4.78 is 62.8. The topological polar surface area (TPSA) is 799 Å². The Bertz CT molecular complexity index is 7340. The first kappa shape index (κ1) is 101. The molecule has 12 aromatic carbocycles. The van der Waals surface area contributed by atoms with Gasteiger partial charge in [-0.1, -0.05) is 35.9 Å². The maximum absolute atomic E-state index is 15.3. The van der Waals surface area contributed by atoms with Gasteiger partial charge in [0.05, 0.1) is 73.2 Å². The summed E-state index contributed by atoms with van der Waals surface area (Å²) in [6.07, 6.45) is -12.4. The highest BCUT2D eigenvalue weighted by Crippen LogP contribution is 2.49. The second-order valence-corrected chi connectivity index (χ2v) is 31.8. The largest absolute Gasteiger partial charge is 0.504 e. The van der Waals surface area contributed by atoms with Crippen molar-refractivity contribution in [2.45, 2.75) is 56.6 Å². The smallest absolute Gasteiger partial charge is 0.343 e. The Hall–Kier alpha value is -20.0. The maximum Gasteiger partial charge on any atom is 0.343 e. The molecule has 750 valence electrons. The molecular formula is C95H72ClN3O46. The first-order valence-corrected chi connectivity index (χ1v) is 41.8. The molecule has 49 nitrogen and oxygen atoms in total. The molecular weight excluding hydrogens is 1950 g/mol. The molecule has 50 heteroatoms. The van der Waals surface area contributed by atoms with E-state index in [0.29, 0.717) is 121 Å². The monoisotopic (exact) mass is 2030 g/mol. The van der Waals surface area contributed by atoms with Gasteiger partial charge in [-0.25, -0.2) is 52.9 Å². The number of likely N-dealkylation sites (tertiary alicyclic amines) is 1. The van der Waals surface area contributed by atoms with Gasteiger partial charge >= 0.3 is 59.7 Å². The van der Waals surface area contributed by atoms with E-state index < -0.39 is 325 Å². The second-order valence-electron chi connectivity index (χ2n) is 31.3. The number of esters is 10. The van der Waals surface area contributed by atoms with Crippen LogP contribution in [-0.2, 0) is 41.5 Å². The minimum Gasteiger partial charge on any atom is -0.504 e. The number of aromatic hydroxyl groups is 25. The zero-order valence-electron chi connectivity index (χ0n) is 73.0. The van der Waals surface area contributed by atoms with Crippen molar-refractivity contribution in [3.8, 4) is 172 Å². The van der Waals surface area contributed by atoms with Gasteiger partial charge in [0.15, 0.2) is 156 Å². The quantitative estimate of drug-likeness (QED) is 0.0110. The van der Waals surface area contributed by atoms with Gasteiger partial charge < -0.3 is 184 Å². The molecule has 13 aromatic rings. The van der Waals surface area contributed by atoms with Gasteiger partial charge in [0.2, 0.25) is 41.1 Å². The summed E-state index contributed by atoms with van der Waals surface area (Å²) in [6.45, 7) is 2.43. The lowest BCUT2D eigenvalue weighted by Crippen LogP contribution is -2.63. The Kier molecular flexibility index (Phi) is 28.8. The number of aromatic nitrogens is 2. The number of nitrogens with zero attached hydrogens (tertiary/aromatic N) is 3. The molecule has 0 spiro atoms. The highest BCUT2D eigenvalue weighted by atomic mass is 35.5. The molecule has 0 amide bonds. The molecule has 0 aliphatic carbocycles. The number of phenols is 25. The van der Waals surface area contributed by atoms with E-state index in [-0.39, 0.29) is 0 Å². The van der Waals surface area contributed by atoms with Gasteiger partial charge in [-0.05, 0) is 177 Å². The molecule has 2 aliphatic heterocycles. The highest BCUT2D eigenvalue weighted by Gasteiger charge is 2.55. The zero-order valence-corrected chi connectivity index (χ0v) is 73.7. The first-order valence-electron chi connectivity index (χ1n) is 41.4. The van der Waals surface area contributed by atoms with E-state index in [4.69, 9.17) is 68.7 Å². The van der Waals surface area contributed by atoms with Crippen LogP contribution in [0, 0.1) is 0 Å². The first-order chi connectivity index (χ1) is 68.6. The van der Waals surface area contributed by atoms with Gasteiger partial charge in [-0.15, -0.1) is 0 Å². The number of carbonyl (C=O) groups is 10. The van der Waals surface area contributed by atoms with Gasteiger partial charge in [-0.3, -0.25) is 4.90 Å². The van der Waals surface area contributed by atoms with E-state index in [0.717, 1.165) is 29.5 Å². The molecule has 5 atom stereocenters. The Morgan fingerprint density at radius 1 is 0.297 bits per heavy atom. The standard InChI is InChI=1S/C76H52O46.C19H20ClN3/c77-32-1-22(2-33(78)53(32)92)67(103)113-47-16-27(11-42(87)58(47)97)66(102)112-21-52-63(119-72(108)28-12-43(88)59(98)48(17-28)114-68(104)23-3-34(79)54(93)35(80)4-23)64(120-73(109)29-13-44(89)60(99)49(18-29)115-69(105)24-5-36(81)55(94)37(82)6-24)65(121-74(110)30-14-45(90)61(100)50(19-30)116-70(106)25-7-38(83)56(95)39(84)8-25)76(118-52)122-75(111)31-15-46(91)62(101)51(20-31)117-71(107)26-9-40(85)57(96)41(86)10-26;20-16-9-7-15(8-10-16)13-23-18-6-2-1-5-17(18)21-19(23)14-22-11-3-4-12-22/h1-20,52,63-65,76-101H,21H2;1-2,5-10H,3-4,11-14H2/t52-,63-,64+,65-,76?;/m1./s1. The third-order valence-corrected chi connectivity index (χ3v) is 21.7. The van der Waals surface area contributed by atoms with Crippen LogP contribution in [0.1, 0.15) is 128 Å². The number of hydrogen-bond donors (Lipinski definition) is 25. The number of phenolic OH excluding ortho intramolecular Hbond substituents is 25. The summed E-state index contributed by atoms with van der Waals surface area (Å²) in [5, 5.41) is 262. The number of para-hydroxylation sites is 2. The van der Waals surface area contributed by atoms with Crippen molar-refractivity contribution in [1.82, 2.24) is 14.5 Å². The fourth-order valence-electron chi connectivity index (χ4n) is 14.2. The summed E-state index contributed by atoms with van der Waals surface area (Å²) in [5.41, 5.74) is -6.35. The molecule has 0 radical (unpaired) electrons. The molecule has 1 unspecified atom stereocenters. The van der Waals surface area contributed by atoms with Crippen LogP contribution in [0.5, 0.6) is 172 Å². The van der Waals surface area contributed by atoms with Gasteiger partial charge in [0.25, 0.3) is 0 Å². The number of ether oxygens (including phenoxy) is 11. The SMILES string of the molecule is Clc1ccc(Cn2c(CN3CCCC3)nc3ccccc32)cc1.O=C(OC[C@H]1OC(OC(=O)c2cc(O)c(O)c(OC(=O)c3cc(O)c(O)c(O)c3)c2)[C@H](OC(=O)c2cc(O)c(O)c(OC(=O)c3cc(O)c(O)c(O)c3)c2)[C@@H](OC(=O)c2cc(O)c(O)c(OC(=O)c3cc(O)c(O)c(O)c3)c2)[C@@H]1OC(=O)c1cc(O)c(O)c(OC(=O)c2cc(O)c(O)c(O)c2)c1)c1cc(O)c(O)c(OC(=O)c2cc(O)c(O)c(O)c2)c1. The third kappa shape index (κ3) is 22.1. The van der Waals surface area contributed by atoms with E-state index >= 15 is 14.4 Å². The Morgan fingerprint density at radius 3 is 0.869 bits per heavy atom. The molecule has 25 N–H and O–H groups in total. The van der Waals surface area contributed by atoms with Crippen molar-refractivity contribution in [1.29, 1.82) is 0 Å². The number of carbonyl (C=O) groups excluding carboxylic acids is 10. The number of halogens is 1. The maximum atomic E-state index is 15.3. The molecule has 2 saturated heterocycles. The number of rotatable bonds is 25. The van der Waals surface area contributed by atoms with Crippen molar-refractivity contribution in [3.63, 3.8) is 0 Å². The Labute approximate surface area is 811 Å². The molecule has 1 aromatic heterocycles. The number of hydrogen-bond acceptors (Lipinski definition) is 48. The van der Waals surface area contributed by atoms with E-state index in [1.54, 1.807) is 0 Å². The van der Waals surface area contributed by atoms with Crippen LogP contribution < -0.4 is 23.7 Å². The lowest BCUT2D eigenvalue weighted by Gasteiger charge is -2.43. The zero-order chi connectivity index (χ0) is 105. The van der Waals surface area contributed by atoms with Crippen molar-refractivity contribution in [3.05, 3.63) is 242 Å².